The van der Waals surface area contributed by atoms with E-state index in [9.17, 15) is 14.0 Å². The number of rotatable bonds is 8. The third-order valence-electron chi connectivity index (χ3n) is 5.70. The quantitative estimate of drug-likeness (QED) is 0.472. The second-order valence-corrected chi connectivity index (χ2v) is 8.24. The molecule has 1 aliphatic heterocycles. The van der Waals surface area contributed by atoms with Crippen LogP contribution in [-0.4, -0.2) is 64.1 Å². The van der Waals surface area contributed by atoms with Crippen molar-refractivity contribution >= 4 is 11.9 Å². The summed E-state index contributed by atoms with van der Waals surface area (Å²) < 4.78 is 23.5. The van der Waals surface area contributed by atoms with Crippen LogP contribution in [0.3, 0.4) is 0 Å². The maximum Gasteiger partial charge on any atom is 0.307 e. The van der Waals surface area contributed by atoms with Gasteiger partial charge in [-0.1, -0.05) is 35.5 Å². The van der Waals surface area contributed by atoms with Gasteiger partial charge in [0.15, 0.2) is 6.10 Å². The van der Waals surface area contributed by atoms with Crippen molar-refractivity contribution in [2.75, 3.05) is 26.2 Å². The van der Waals surface area contributed by atoms with E-state index in [1.165, 1.54) is 17.7 Å². The van der Waals surface area contributed by atoms with E-state index in [2.05, 4.69) is 27.2 Å². The highest BCUT2D eigenvalue weighted by Gasteiger charge is 2.27. The van der Waals surface area contributed by atoms with Crippen LogP contribution in [0, 0.1) is 5.82 Å². The molecule has 0 saturated carbocycles. The number of piperazine rings is 1. The SMILES string of the molecule is CC(OC(=O)CCc1nc(-c2ccc(F)cc2)no1)C(=O)N1CCN(Cc2ccccc2)CC1. The van der Waals surface area contributed by atoms with Crippen molar-refractivity contribution in [3.63, 3.8) is 0 Å². The first-order valence-electron chi connectivity index (χ1n) is 11.3. The Morgan fingerprint density at radius 3 is 2.47 bits per heavy atom. The largest absolute Gasteiger partial charge is 0.453 e. The van der Waals surface area contributed by atoms with Gasteiger partial charge in [0, 0.05) is 44.7 Å². The maximum atomic E-state index is 13.1. The molecule has 1 saturated heterocycles. The van der Waals surface area contributed by atoms with Gasteiger partial charge in [0.2, 0.25) is 11.7 Å². The lowest BCUT2D eigenvalue weighted by atomic mass is 10.2. The third-order valence-corrected chi connectivity index (χ3v) is 5.70. The first-order chi connectivity index (χ1) is 16.5. The summed E-state index contributed by atoms with van der Waals surface area (Å²) in [7, 11) is 0. The average molecular weight is 467 g/mol. The van der Waals surface area contributed by atoms with Gasteiger partial charge < -0.3 is 14.2 Å². The van der Waals surface area contributed by atoms with Gasteiger partial charge in [-0.3, -0.25) is 14.5 Å². The number of benzene rings is 2. The van der Waals surface area contributed by atoms with Crippen molar-refractivity contribution < 1.29 is 23.2 Å². The van der Waals surface area contributed by atoms with Crippen LogP contribution in [0.2, 0.25) is 0 Å². The lowest BCUT2D eigenvalue weighted by molar-refractivity contribution is -0.160. The van der Waals surface area contributed by atoms with Crippen molar-refractivity contribution in [3.05, 3.63) is 71.9 Å². The number of aromatic nitrogens is 2. The molecule has 1 fully saturated rings. The number of esters is 1. The lowest BCUT2D eigenvalue weighted by Crippen LogP contribution is -2.51. The zero-order chi connectivity index (χ0) is 23.9. The van der Waals surface area contributed by atoms with E-state index in [1.807, 2.05) is 18.2 Å². The number of hydrogen-bond acceptors (Lipinski definition) is 7. The van der Waals surface area contributed by atoms with Crippen LogP contribution >= 0.6 is 0 Å². The van der Waals surface area contributed by atoms with Gasteiger partial charge in [-0.2, -0.15) is 4.98 Å². The molecule has 0 spiro atoms. The van der Waals surface area contributed by atoms with Gasteiger partial charge in [0.25, 0.3) is 5.91 Å². The van der Waals surface area contributed by atoms with Crippen LogP contribution in [-0.2, 0) is 27.3 Å². The summed E-state index contributed by atoms with van der Waals surface area (Å²) in [6, 6.07) is 15.9. The summed E-state index contributed by atoms with van der Waals surface area (Å²) in [6.45, 7) is 5.19. The van der Waals surface area contributed by atoms with Crippen LogP contribution in [0.5, 0.6) is 0 Å². The number of carbonyl (C=O) groups is 2. The zero-order valence-corrected chi connectivity index (χ0v) is 19.0. The molecule has 8 nitrogen and oxygen atoms in total. The molecule has 9 heteroatoms. The zero-order valence-electron chi connectivity index (χ0n) is 19.0. The molecule has 2 heterocycles. The standard InChI is InChI=1S/C25H27FN4O4/c1-18(25(32)30-15-13-29(14-16-30)17-19-5-3-2-4-6-19)33-23(31)12-11-22-27-24(28-34-22)20-7-9-21(26)10-8-20/h2-10,18H,11-17H2,1H3. The molecule has 0 radical (unpaired) electrons. The van der Waals surface area contributed by atoms with Crippen LogP contribution < -0.4 is 0 Å². The minimum Gasteiger partial charge on any atom is -0.453 e. The van der Waals surface area contributed by atoms with E-state index in [-0.39, 0.29) is 30.5 Å². The lowest BCUT2D eigenvalue weighted by Gasteiger charge is -2.35. The Morgan fingerprint density at radius 1 is 1.06 bits per heavy atom. The summed E-state index contributed by atoms with van der Waals surface area (Å²) in [6.07, 6.45) is -0.662. The predicted octanol–water partition coefficient (Wildman–Crippen LogP) is 3.08. The number of nitrogens with zero attached hydrogens (tertiary/aromatic N) is 4. The van der Waals surface area contributed by atoms with Gasteiger partial charge >= 0.3 is 5.97 Å². The highest BCUT2D eigenvalue weighted by atomic mass is 19.1. The Morgan fingerprint density at radius 2 is 1.76 bits per heavy atom. The van der Waals surface area contributed by atoms with Gasteiger partial charge in [-0.25, -0.2) is 4.39 Å². The van der Waals surface area contributed by atoms with E-state index >= 15 is 0 Å². The Hall–Kier alpha value is -3.59. The molecule has 1 atom stereocenters. The molecule has 3 aromatic rings. The van der Waals surface area contributed by atoms with E-state index in [4.69, 9.17) is 9.26 Å². The van der Waals surface area contributed by atoms with Gasteiger partial charge in [0.05, 0.1) is 6.42 Å². The Balaban J connectivity index is 1.19. The molecule has 34 heavy (non-hydrogen) atoms. The van der Waals surface area contributed by atoms with E-state index in [1.54, 1.807) is 24.0 Å². The van der Waals surface area contributed by atoms with Gasteiger partial charge in [-0.15, -0.1) is 0 Å². The van der Waals surface area contributed by atoms with Gasteiger partial charge in [-0.05, 0) is 36.8 Å². The topological polar surface area (TPSA) is 88.8 Å². The van der Waals surface area contributed by atoms with Crippen molar-refractivity contribution in [1.29, 1.82) is 0 Å². The number of carbonyl (C=O) groups excluding carboxylic acids is 2. The molecule has 1 amide bonds. The van der Waals surface area contributed by atoms with Crippen LogP contribution in [0.25, 0.3) is 11.4 Å². The first kappa shape index (κ1) is 23.6. The summed E-state index contributed by atoms with van der Waals surface area (Å²) in [5.74, 6) is -0.467. The summed E-state index contributed by atoms with van der Waals surface area (Å²) in [5.41, 5.74) is 1.86. The smallest absolute Gasteiger partial charge is 0.307 e. The van der Waals surface area contributed by atoms with Crippen LogP contribution in [0.1, 0.15) is 24.8 Å². The number of hydrogen-bond donors (Lipinski definition) is 0. The van der Waals surface area contributed by atoms with E-state index in [0.717, 1.165) is 19.6 Å². The fraction of sp³-hybridized carbons (Fsp3) is 0.360. The normalized spacial score (nSPS) is 15.2. The second-order valence-electron chi connectivity index (χ2n) is 8.24. The molecule has 4 rings (SSSR count). The minimum absolute atomic E-state index is 0.00746. The first-order valence-corrected chi connectivity index (χ1v) is 11.3. The Kier molecular flexibility index (Phi) is 7.64. The molecule has 2 aromatic carbocycles. The maximum absolute atomic E-state index is 13.1. The van der Waals surface area contributed by atoms with Crippen molar-refractivity contribution in [1.82, 2.24) is 19.9 Å². The number of halogens is 1. The Labute approximate surface area is 197 Å². The average Bonchev–Trinajstić information content (AvgIpc) is 3.33. The molecule has 0 aliphatic carbocycles. The third kappa shape index (κ3) is 6.26. The van der Waals surface area contributed by atoms with E-state index < -0.39 is 12.1 Å². The summed E-state index contributed by atoms with van der Waals surface area (Å²) in [4.78, 5) is 33.2. The van der Waals surface area contributed by atoms with Gasteiger partial charge in [0.1, 0.15) is 5.82 Å². The predicted molar refractivity (Wildman–Crippen MR) is 122 cm³/mol. The van der Waals surface area contributed by atoms with E-state index in [0.29, 0.717) is 24.5 Å². The molecule has 178 valence electrons. The van der Waals surface area contributed by atoms with Crippen LogP contribution in [0.4, 0.5) is 4.39 Å². The van der Waals surface area contributed by atoms with Crippen molar-refractivity contribution in [3.8, 4) is 11.4 Å². The minimum atomic E-state index is -0.856. The molecular weight excluding hydrogens is 439 g/mol. The molecule has 1 aromatic heterocycles. The summed E-state index contributed by atoms with van der Waals surface area (Å²) in [5, 5.41) is 3.85. The molecule has 0 N–H and O–H groups in total. The number of ether oxygens (including phenoxy) is 1. The Bertz CT molecular complexity index is 1100. The highest BCUT2D eigenvalue weighted by molar-refractivity contribution is 5.83. The molecular formula is C25H27FN4O4. The number of aryl methyl sites for hydroxylation is 1. The highest BCUT2D eigenvalue weighted by Crippen LogP contribution is 2.17. The fourth-order valence-corrected chi connectivity index (χ4v) is 3.81. The molecule has 1 aliphatic rings. The molecule has 1 unspecified atom stereocenters. The van der Waals surface area contributed by atoms with Crippen LogP contribution in [0.15, 0.2) is 59.1 Å². The monoisotopic (exact) mass is 466 g/mol. The fourth-order valence-electron chi connectivity index (χ4n) is 3.81. The second kappa shape index (κ2) is 11.0. The van der Waals surface area contributed by atoms with Crippen molar-refractivity contribution in [2.24, 2.45) is 0 Å². The van der Waals surface area contributed by atoms with Crippen molar-refractivity contribution in [2.45, 2.75) is 32.4 Å². The number of amides is 1. The molecule has 0 bridgehead atoms. The summed E-state index contributed by atoms with van der Waals surface area (Å²) >= 11 is 0.